The van der Waals surface area contributed by atoms with E-state index in [0.717, 1.165) is 17.6 Å². The van der Waals surface area contributed by atoms with Gasteiger partial charge >= 0.3 is 5.97 Å². The lowest BCUT2D eigenvalue weighted by Gasteiger charge is -2.40. The quantitative estimate of drug-likeness (QED) is 0.482. The van der Waals surface area contributed by atoms with Crippen LogP contribution in [0.3, 0.4) is 0 Å². The highest BCUT2D eigenvalue weighted by Gasteiger charge is 2.45. The van der Waals surface area contributed by atoms with E-state index in [2.05, 4.69) is 19.6 Å². The molecule has 0 atom stereocenters. The molecule has 0 aromatic carbocycles. The molecule has 1 aliphatic heterocycles. The highest BCUT2D eigenvalue weighted by molar-refractivity contribution is 5.81. The number of rotatable bonds is 2. The molecule has 1 saturated heterocycles. The van der Waals surface area contributed by atoms with Gasteiger partial charge in [-0.15, -0.1) is 5.73 Å². The zero-order valence-corrected chi connectivity index (χ0v) is 13.0. The molecule has 1 heterocycles. The van der Waals surface area contributed by atoms with Crippen LogP contribution in [-0.4, -0.2) is 30.1 Å². The molecule has 0 radical (unpaired) electrons. The first-order chi connectivity index (χ1) is 9.74. The first kappa shape index (κ1) is 15.8. The molecule has 0 aromatic rings. The summed E-state index contributed by atoms with van der Waals surface area (Å²) in [6, 6.07) is 0. The van der Waals surface area contributed by atoms with Gasteiger partial charge < -0.3 is 14.6 Å². The molecule has 0 amide bonds. The van der Waals surface area contributed by atoms with E-state index in [1.54, 1.807) is 13.0 Å². The van der Waals surface area contributed by atoms with Gasteiger partial charge in [0, 0.05) is 23.5 Å². The minimum absolute atomic E-state index is 0.150. The Labute approximate surface area is 125 Å². The van der Waals surface area contributed by atoms with Gasteiger partial charge in [0.15, 0.2) is 5.79 Å². The predicted molar refractivity (Wildman–Crippen MR) is 79.8 cm³/mol. The average Bonchev–Trinajstić information content (AvgIpc) is 2.73. The largest absolute Gasteiger partial charge is 0.478 e. The van der Waals surface area contributed by atoms with Crippen LogP contribution in [0.2, 0.25) is 0 Å². The smallest absolute Gasteiger partial charge is 0.328 e. The second kappa shape index (κ2) is 5.64. The Morgan fingerprint density at radius 1 is 1.38 bits per heavy atom. The number of carboxylic acid groups (broad SMARTS) is 1. The molecular weight excluding hydrogens is 268 g/mol. The van der Waals surface area contributed by atoms with Crippen LogP contribution in [0.25, 0.3) is 0 Å². The summed E-state index contributed by atoms with van der Waals surface area (Å²) in [6.45, 7) is 9.26. The number of aliphatic carboxylic acids is 1. The molecule has 1 N–H and O–H groups in total. The first-order valence-electron chi connectivity index (χ1n) is 7.10. The Hall–Kier alpha value is -1.61. The van der Waals surface area contributed by atoms with Crippen molar-refractivity contribution in [2.75, 3.05) is 13.2 Å². The number of hydrogen-bond acceptors (Lipinski definition) is 3. The molecule has 4 heteroatoms. The van der Waals surface area contributed by atoms with E-state index in [9.17, 15) is 4.79 Å². The van der Waals surface area contributed by atoms with Gasteiger partial charge in [0.1, 0.15) is 0 Å². The van der Waals surface area contributed by atoms with Crippen LogP contribution in [-0.2, 0) is 14.3 Å². The molecule has 0 bridgehead atoms. The minimum Gasteiger partial charge on any atom is -0.478 e. The molecule has 114 valence electrons. The van der Waals surface area contributed by atoms with Crippen molar-refractivity contribution in [1.29, 1.82) is 0 Å². The minimum atomic E-state index is -0.947. The fourth-order valence-corrected chi connectivity index (χ4v) is 3.08. The van der Waals surface area contributed by atoms with Gasteiger partial charge in [0.2, 0.25) is 0 Å². The topological polar surface area (TPSA) is 55.8 Å². The lowest BCUT2D eigenvalue weighted by molar-refractivity contribution is -0.139. The van der Waals surface area contributed by atoms with Gasteiger partial charge in [-0.05, 0) is 37.1 Å². The van der Waals surface area contributed by atoms with Gasteiger partial charge in [0.25, 0.3) is 0 Å². The van der Waals surface area contributed by atoms with Gasteiger partial charge in [-0.1, -0.05) is 13.8 Å². The summed E-state index contributed by atoms with van der Waals surface area (Å²) in [4.78, 5) is 10.6. The van der Waals surface area contributed by atoms with Crippen molar-refractivity contribution >= 4 is 5.97 Å². The van der Waals surface area contributed by atoms with E-state index in [1.165, 1.54) is 6.08 Å². The standard InChI is InChI=1S/C17H22O4/c1-12(9-15(18)19)5-6-14-13(2)10-17(11-16(14,3)4)20-7-8-21-17/h5,9-10H,7-8,11H2,1-4H3,(H,18,19)/b12-9-. The maximum atomic E-state index is 10.6. The fourth-order valence-electron chi connectivity index (χ4n) is 3.08. The molecule has 1 spiro atoms. The van der Waals surface area contributed by atoms with Crippen molar-refractivity contribution in [2.24, 2.45) is 5.41 Å². The van der Waals surface area contributed by atoms with Gasteiger partial charge in [-0.25, -0.2) is 4.79 Å². The summed E-state index contributed by atoms with van der Waals surface area (Å²) in [5.41, 5.74) is 5.89. The second-order valence-corrected chi connectivity index (χ2v) is 6.29. The van der Waals surface area contributed by atoms with E-state index < -0.39 is 11.8 Å². The molecule has 0 aromatic heterocycles. The van der Waals surface area contributed by atoms with Crippen LogP contribution in [0.1, 0.15) is 34.1 Å². The van der Waals surface area contributed by atoms with Crippen molar-refractivity contribution in [2.45, 2.75) is 39.9 Å². The lowest BCUT2D eigenvalue weighted by Crippen LogP contribution is -2.39. The third-order valence-electron chi connectivity index (χ3n) is 3.77. The van der Waals surface area contributed by atoms with Crippen molar-refractivity contribution in [1.82, 2.24) is 0 Å². The van der Waals surface area contributed by atoms with E-state index in [0.29, 0.717) is 18.8 Å². The zero-order chi connectivity index (χ0) is 15.7. The number of carbonyl (C=O) groups is 1. The predicted octanol–water partition coefficient (Wildman–Crippen LogP) is 3.22. The van der Waals surface area contributed by atoms with E-state index in [-0.39, 0.29) is 5.41 Å². The second-order valence-electron chi connectivity index (χ2n) is 6.29. The van der Waals surface area contributed by atoms with Crippen molar-refractivity contribution in [3.05, 3.63) is 40.7 Å². The number of allylic oxidation sites excluding steroid dienone is 3. The normalized spacial score (nSPS) is 23.7. The molecule has 0 saturated carbocycles. The summed E-state index contributed by atoms with van der Waals surface area (Å²) in [5, 5.41) is 8.74. The van der Waals surface area contributed by atoms with Gasteiger partial charge in [-0.3, -0.25) is 0 Å². The van der Waals surface area contributed by atoms with Gasteiger partial charge in [0.05, 0.1) is 13.2 Å². The van der Waals surface area contributed by atoms with Crippen LogP contribution in [0.15, 0.2) is 40.7 Å². The molecule has 0 unspecified atom stereocenters. The Morgan fingerprint density at radius 3 is 2.52 bits per heavy atom. The molecule has 2 rings (SSSR count). The zero-order valence-electron chi connectivity index (χ0n) is 13.0. The Bertz CT molecular complexity index is 566. The maximum absolute atomic E-state index is 10.6. The lowest BCUT2D eigenvalue weighted by atomic mass is 9.71. The Balaban J connectivity index is 2.40. The summed E-state index contributed by atoms with van der Waals surface area (Å²) in [5.74, 6) is -1.55. The summed E-state index contributed by atoms with van der Waals surface area (Å²) in [6.07, 6.45) is 5.64. The Morgan fingerprint density at radius 2 is 2.00 bits per heavy atom. The molecule has 1 fully saturated rings. The van der Waals surface area contributed by atoms with Crippen molar-refractivity contribution in [3.8, 4) is 0 Å². The number of carboxylic acids is 1. The molecule has 4 nitrogen and oxygen atoms in total. The number of ether oxygens (including phenoxy) is 2. The third-order valence-corrected chi connectivity index (χ3v) is 3.77. The molecular formula is C17H22O4. The van der Waals surface area contributed by atoms with E-state index in [1.807, 2.05) is 13.0 Å². The van der Waals surface area contributed by atoms with Crippen molar-refractivity contribution < 1.29 is 19.4 Å². The van der Waals surface area contributed by atoms with Crippen LogP contribution in [0.5, 0.6) is 0 Å². The fraction of sp³-hybridized carbons (Fsp3) is 0.529. The summed E-state index contributed by atoms with van der Waals surface area (Å²) < 4.78 is 11.5. The Kier molecular flexibility index (Phi) is 4.24. The van der Waals surface area contributed by atoms with Gasteiger partial charge in [-0.2, -0.15) is 0 Å². The van der Waals surface area contributed by atoms with Crippen molar-refractivity contribution in [3.63, 3.8) is 0 Å². The molecule has 2 aliphatic rings. The SMILES string of the molecule is CC1=CC2(CC(C)(C)C1=C=C/C(C)=C\C(=O)O)OCCO2. The summed E-state index contributed by atoms with van der Waals surface area (Å²) >= 11 is 0. The highest BCUT2D eigenvalue weighted by atomic mass is 16.7. The van der Waals surface area contributed by atoms with Crippen LogP contribution >= 0.6 is 0 Å². The van der Waals surface area contributed by atoms with E-state index in [4.69, 9.17) is 14.6 Å². The highest BCUT2D eigenvalue weighted by Crippen LogP contribution is 2.47. The van der Waals surface area contributed by atoms with Crippen LogP contribution < -0.4 is 0 Å². The first-order valence-corrected chi connectivity index (χ1v) is 7.10. The number of hydrogen-bond donors (Lipinski definition) is 1. The van der Waals surface area contributed by atoms with Crippen LogP contribution in [0.4, 0.5) is 0 Å². The molecule has 1 aliphatic carbocycles. The molecule has 21 heavy (non-hydrogen) atoms. The summed E-state index contributed by atoms with van der Waals surface area (Å²) in [7, 11) is 0. The maximum Gasteiger partial charge on any atom is 0.328 e. The van der Waals surface area contributed by atoms with Crippen LogP contribution in [0, 0.1) is 5.41 Å². The average molecular weight is 290 g/mol. The monoisotopic (exact) mass is 290 g/mol. The van der Waals surface area contributed by atoms with E-state index >= 15 is 0 Å². The third kappa shape index (κ3) is 3.53.